The monoisotopic (exact) mass is 300 g/mol. The molecule has 0 aliphatic carbocycles. The second-order valence-corrected chi connectivity index (χ2v) is 5.10. The zero-order valence-electron chi connectivity index (χ0n) is 11.1. The van der Waals surface area contributed by atoms with Gasteiger partial charge in [-0.15, -0.1) is 11.8 Å². The van der Waals surface area contributed by atoms with E-state index in [1.54, 1.807) is 0 Å². The number of benzene rings is 1. The van der Waals surface area contributed by atoms with Gasteiger partial charge in [-0.25, -0.2) is 4.39 Å². The summed E-state index contributed by atoms with van der Waals surface area (Å²) >= 11 is 1.17. The Labute approximate surface area is 120 Å². The summed E-state index contributed by atoms with van der Waals surface area (Å²) in [5, 5.41) is 8.64. The van der Waals surface area contributed by atoms with E-state index >= 15 is 0 Å². The van der Waals surface area contributed by atoms with Gasteiger partial charge in [0.15, 0.2) is 0 Å². The first-order valence-electron chi connectivity index (χ1n) is 6.07. The van der Waals surface area contributed by atoms with Gasteiger partial charge in [0.2, 0.25) is 5.91 Å². The maximum absolute atomic E-state index is 12.8. The number of carboxylic acids is 1. The van der Waals surface area contributed by atoms with Gasteiger partial charge in [-0.2, -0.15) is 0 Å². The fraction of sp³-hybridized carbons (Fsp3) is 0.385. The molecule has 1 aromatic rings. The lowest BCUT2D eigenvalue weighted by Crippen LogP contribution is -2.35. The smallest absolute Gasteiger partial charge is 0.321 e. The molecule has 0 aromatic heterocycles. The average molecular weight is 300 g/mol. The van der Waals surface area contributed by atoms with Gasteiger partial charge in [0.05, 0.1) is 5.75 Å². The molecule has 20 heavy (non-hydrogen) atoms. The molecule has 1 atom stereocenters. The number of nitrogens with zero attached hydrogens (tertiary/aromatic N) is 1. The highest BCUT2D eigenvalue weighted by molar-refractivity contribution is 8.00. The van der Waals surface area contributed by atoms with E-state index in [1.165, 1.54) is 40.9 Å². The molecule has 0 fully saturated rings. The van der Waals surface area contributed by atoms with Crippen LogP contribution in [0, 0.1) is 5.82 Å². The number of hydrogen-bond donors (Lipinski definition) is 2. The van der Waals surface area contributed by atoms with Gasteiger partial charge in [0, 0.05) is 18.0 Å². The summed E-state index contributed by atoms with van der Waals surface area (Å²) in [5.41, 5.74) is 5.97. The third kappa shape index (κ3) is 4.82. The van der Waals surface area contributed by atoms with Gasteiger partial charge in [-0.3, -0.25) is 9.59 Å². The molecule has 1 rings (SSSR count). The summed E-state index contributed by atoms with van der Waals surface area (Å²) in [4.78, 5) is 24.1. The maximum atomic E-state index is 12.8. The normalized spacial score (nSPS) is 11.9. The molecule has 0 radical (unpaired) electrons. The Morgan fingerprint density at radius 2 is 2.00 bits per heavy atom. The number of hydrogen-bond acceptors (Lipinski definition) is 4. The van der Waals surface area contributed by atoms with Crippen molar-refractivity contribution in [1.82, 2.24) is 0 Å². The number of nitrogens with two attached hydrogens (primary N) is 1. The Bertz CT molecular complexity index is 467. The molecule has 0 spiro atoms. The zero-order chi connectivity index (χ0) is 15.1. The first kappa shape index (κ1) is 16.5. The average Bonchev–Trinajstić information content (AvgIpc) is 2.41. The molecule has 0 unspecified atom stereocenters. The summed E-state index contributed by atoms with van der Waals surface area (Å²) < 4.78 is 12.8. The van der Waals surface area contributed by atoms with Crippen molar-refractivity contribution in [3.05, 3.63) is 30.1 Å². The number of halogens is 1. The van der Waals surface area contributed by atoms with E-state index in [0.717, 1.165) is 0 Å². The molecule has 3 N–H and O–H groups in total. The molecule has 0 saturated heterocycles. The molecule has 7 heteroatoms. The van der Waals surface area contributed by atoms with E-state index < -0.39 is 12.0 Å². The van der Waals surface area contributed by atoms with E-state index in [9.17, 15) is 14.0 Å². The summed E-state index contributed by atoms with van der Waals surface area (Å²) in [5.74, 6) is -1.31. The van der Waals surface area contributed by atoms with Gasteiger partial charge < -0.3 is 15.7 Å². The number of amides is 1. The van der Waals surface area contributed by atoms with Crippen LogP contribution in [0.4, 0.5) is 10.1 Å². The summed E-state index contributed by atoms with van der Waals surface area (Å²) in [6.45, 7) is 2.27. The predicted molar refractivity (Wildman–Crippen MR) is 77.4 cm³/mol. The number of rotatable bonds is 7. The third-order valence-electron chi connectivity index (χ3n) is 2.60. The van der Waals surface area contributed by atoms with Crippen LogP contribution in [0.5, 0.6) is 0 Å². The number of carboxylic acid groups (broad SMARTS) is 1. The van der Waals surface area contributed by atoms with Crippen LogP contribution in [0.3, 0.4) is 0 Å². The Hall–Kier alpha value is -1.60. The predicted octanol–water partition coefficient (Wildman–Crippen LogP) is 1.32. The zero-order valence-corrected chi connectivity index (χ0v) is 11.9. The lowest BCUT2D eigenvalue weighted by atomic mass is 10.3. The third-order valence-corrected chi connectivity index (χ3v) is 3.64. The lowest BCUT2D eigenvalue weighted by Gasteiger charge is -2.21. The molecule has 110 valence electrons. The van der Waals surface area contributed by atoms with Crippen LogP contribution in [0.1, 0.15) is 6.92 Å². The molecule has 5 nitrogen and oxygen atoms in total. The van der Waals surface area contributed by atoms with Crippen molar-refractivity contribution >= 4 is 29.3 Å². The van der Waals surface area contributed by atoms with E-state index in [0.29, 0.717) is 12.2 Å². The van der Waals surface area contributed by atoms with Gasteiger partial charge in [-0.1, -0.05) is 0 Å². The van der Waals surface area contributed by atoms with Gasteiger partial charge in [-0.05, 0) is 31.2 Å². The van der Waals surface area contributed by atoms with Crippen LogP contribution in [0.15, 0.2) is 24.3 Å². The first-order valence-corrected chi connectivity index (χ1v) is 7.23. The van der Waals surface area contributed by atoms with Crippen LogP contribution in [0.2, 0.25) is 0 Å². The SMILES string of the molecule is CCN(C(=O)CSC[C@@H](N)C(=O)O)c1ccc(F)cc1. The fourth-order valence-corrected chi connectivity index (χ4v) is 2.39. The van der Waals surface area contributed by atoms with E-state index in [4.69, 9.17) is 10.8 Å². The Morgan fingerprint density at radius 3 is 2.50 bits per heavy atom. The minimum absolute atomic E-state index is 0.131. The second kappa shape index (κ2) is 7.86. The Balaban J connectivity index is 2.55. The van der Waals surface area contributed by atoms with Crippen molar-refractivity contribution in [3.63, 3.8) is 0 Å². The summed E-state index contributed by atoms with van der Waals surface area (Å²) in [7, 11) is 0. The molecule has 1 amide bonds. The van der Waals surface area contributed by atoms with Crippen molar-refractivity contribution in [2.24, 2.45) is 5.73 Å². The highest BCUT2D eigenvalue weighted by atomic mass is 32.2. The van der Waals surface area contributed by atoms with Crippen LogP contribution in [-0.2, 0) is 9.59 Å². The fourth-order valence-electron chi connectivity index (χ4n) is 1.55. The summed E-state index contributed by atoms with van der Waals surface area (Å²) in [6.07, 6.45) is 0. The van der Waals surface area contributed by atoms with Gasteiger partial charge in [0.25, 0.3) is 0 Å². The van der Waals surface area contributed by atoms with Crippen molar-refractivity contribution in [2.75, 3.05) is 23.0 Å². The second-order valence-electron chi connectivity index (χ2n) is 4.07. The van der Waals surface area contributed by atoms with Crippen LogP contribution in [0.25, 0.3) is 0 Å². The number of aliphatic carboxylic acids is 1. The minimum atomic E-state index is -1.09. The van der Waals surface area contributed by atoms with E-state index in [1.807, 2.05) is 6.92 Å². The van der Waals surface area contributed by atoms with E-state index in [2.05, 4.69) is 0 Å². The van der Waals surface area contributed by atoms with Crippen LogP contribution >= 0.6 is 11.8 Å². The van der Waals surface area contributed by atoms with Crippen molar-refractivity contribution in [2.45, 2.75) is 13.0 Å². The topological polar surface area (TPSA) is 83.6 Å². The van der Waals surface area contributed by atoms with Crippen molar-refractivity contribution in [3.8, 4) is 0 Å². The molecule has 0 saturated carbocycles. The molecular weight excluding hydrogens is 283 g/mol. The van der Waals surface area contributed by atoms with Gasteiger partial charge >= 0.3 is 5.97 Å². The van der Waals surface area contributed by atoms with Crippen molar-refractivity contribution < 1.29 is 19.1 Å². The van der Waals surface area contributed by atoms with E-state index in [-0.39, 0.29) is 23.2 Å². The maximum Gasteiger partial charge on any atom is 0.321 e. The molecule has 1 aromatic carbocycles. The first-order chi connectivity index (χ1) is 9.45. The number of thioether (sulfide) groups is 1. The Kier molecular flexibility index (Phi) is 6.47. The van der Waals surface area contributed by atoms with Crippen molar-refractivity contribution in [1.29, 1.82) is 0 Å². The highest BCUT2D eigenvalue weighted by Gasteiger charge is 2.16. The highest BCUT2D eigenvalue weighted by Crippen LogP contribution is 2.16. The molecule has 0 aliphatic heterocycles. The quantitative estimate of drug-likeness (QED) is 0.793. The minimum Gasteiger partial charge on any atom is -0.480 e. The molecule has 0 bridgehead atoms. The lowest BCUT2D eigenvalue weighted by molar-refractivity contribution is -0.137. The number of carbonyl (C=O) groups excluding carboxylic acids is 1. The van der Waals surface area contributed by atoms with Crippen LogP contribution in [-0.4, -0.2) is 41.1 Å². The van der Waals surface area contributed by atoms with Crippen LogP contribution < -0.4 is 10.6 Å². The standard InChI is InChI=1S/C13H17FN2O3S/c1-2-16(10-5-3-9(14)4-6-10)12(17)8-20-7-11(15)13(18)19/h3-6,11H,2,7-8,15H2,1H3,(H,18,19)/t11-/m1/s1. The summed E-state index contributed by atoms with van der Waals surface area (Å²) in [6, 6.07) is 4.67. The molecule has 0 aliphatic rings. The van der Waals surface area contributed by atoms with Gasteiger partial charge in [0.1, 0.15) is 11.9 Å². The molecule has 0 heterocycles. The largest absolute Gasteiger partial charge is 0.480 e. The Morgan fingerprint density at radius 1 is 1.40 bits per heavy atom. The number of carbonyl (C=O) groups is 2. The molecular formula is C13H17FN2O3S. The number of anilines is 1.